The predicted octanol–water partition coefficient (Wildman–Crippen LogP) is 2.28. The van der Waals surface area contributed by atoms with E-state index >= 15 is 0 Å². The lowest BCUT2D eigenvalue weighted by molar-refractivity contribution is -0.115. The van der Waals surface area contributed by atoms with Crippen LogP contribution in [-0.2, 0) is 0 Å². The zero-order chi connectivity index (χ0) is 11.2. The minimum absolute atomic E-state index is 0.466. The van der Waals surface area contributed by atoms with Gasteiger partial charge < -0.3 is 15.4 Å². The molecule has 0 spiro atoms. The molecular formula is C11H22NO2-. The Morgan fingerprint density at radius 2 is 1.50 bits per heavy atom. The van der Waals surface area contributed by atoms with Gasteiger partial charge in [-0.05, 0) is 47.0 Å². The molecule has 3 nitrogen and oxygen atoms in total. The zero-order valence-electron chi connectivity index (χ0n) is 9.92. The quantitative estimate of drug-likeness (QED) is 0.706. The van der Waals surface area contributed by atoms with Crippen LogP contribution < -0.4 is 0 Å². The van der Waals surface area contributed by atoms with Crippen molar-refractivity contribution in [2.45, 2.75) is 70.6 Å². The first kappa shape index (κ1) is 12.0. The summed E-state index contributed by atoms with van der Waals surface area (Å²) in [4.78, 5) is 0. The molecule has 1 aliphatic heterocycles. The molecule has 0 bridgehead atoms. The van der Waals surface area contributed by atoms with Crippen molar-refractivity contribution in [2.75, 3.05) is 0 Å². The lowest BCUT2D eigenvalue weighted by Crippen LogP contribution is -2.63. The van der Waals surface area contributed by atoms with Gasteiger partial charge in [0.15, 0.2) is 0 Å². The molecule has 0 aromatic carbocycles. The number of nitrogens with zero attached hydrogens (tertiary/aromatic N) is 1. The zero-order valence-corrected chi connectivity index (χ0v) is 9.92. The Bertz CT molecular complexity index is 200. The highest BCUT2D eigenvalue weighted by Gasteiger charge is 2.46. The second-order valence-corrected chi connectivity index (χ2v) is 5.85. The second-order valence-electron chi connectivity index (χ2n) is 5.85. The third-order valence-electron chi connectivity index (χ3n) is 3.28. The molecule has 1 heterocycles. The molecule has 1 saturated heterocycles. The molecule has 14 heavy (non-hydrogen) atoms. The SMILES string of the molecule is CCC1(O)CC(C)(C)N([O-])C(C)(C)C1. The van der Waals surface area contributed by atoms with E-state index in [4.69, 9.17) is 0 Å². The van der Waals surface area contributed by atoms with Crippen LogP contribution in [0.1, 0.15) is 53.9 Å². The summed E-state index contributed by atoms with van der Waals surface area (Å²) < 4.78 is 0. The first-order valence-electron chi connectivity index (χ1n) is 5.33. The number of aliphatic hydroxyl groups is 1. The summed E-state index contributed by atoms with van der Waals surface area (Å²) in [7, 11) is 0. The third-order valence-corrected chi connectivity index (χ3v) is 3.28. The van der Waals surface area contributed by atoms with Gasteiger partial charge in [-0.25, -0.2) is 0 Å². The number of hydrogen-bond acceptors (Lipinski definition) is 3. The van der Waals surface area contributed by atoms with Gasteiger partial charge in [0.25, 0.3) is 0 Å². The Labute approximate surface area is 86.7 Å². The van der Waals surface area contributed by atoms with E-state index in [1.165, 1.54) is 0 Å². The number of piperidine rings is 1. The van der Waals surface area contributed by atoms with Crippen molar-refractivity contribution in [2.24, 2.45) is 0 Å². The summed E-state index contributed by atoms with van der Waals surface area (Å²) in [5.41, 5.74) is -1.60. The van der Waals surface area contributed by atoms with Gasteiger partial charge in [0.1, 0.15) is 0 Å². The Kier molecular flexibility index (Phi) is 2.72. The summed E-state index contributed by atoms with van der Waals surface area (Å²) in [5, 5.41) is 23.4. The van der Waals surface area contributed by atoms with Gasteiger partial charge in [-0.15, -0.1) is 0 Å². The Balaban J connectivity index is 2.97. The molecule has 0 aromatic heterocycles. The largest absolute Gasteiger partial charge is 0.784 e. The lowest BCUT2D eigenvalue weighted by Gasteiger charge is -2.62. The van der Waals surface area contributed by atoms with E-state index < -0.39 is 16.7 Å². The molecular weight excluding hydrogens is 178 g/mol. The fourth-order valence-electron chi connectivity index (χ4n) is 2.89. The van der Waals surface area contributed by atoms with Crippen LogP contribution in [-0.4, -0.2) is 26.8 Å². The van der Waals surface area contributed by atoms with Crippen molar-refractivity contribution in [3.05, 3.63) is 5.21 Å². The molecule has 0 aliphatic carbocycles. The maximum absolute atomic E-state index is 12.0. The Morgan fingerprint density at radius 1 is 1.14 bits per heavy atom. The molecule has 0 radical (unpaired) electrons. The Hall–Kier alpha value is -0.120. The van der Waals surface area contributed by atoms with Gasteiger partial charge in [-0.3, -0.25) is 0 Å². The summed E-state index contributed by atoms with van der Waals surface area (Å²) in [5.74, 6) is 0. The van der Waals surface area contributed by atoms with Gasteiger partial charge in [-0.2, -0.15) is 0 Å². The molecule has 1 N–H and O–H groups in total. The van der Waals surface area contributed by atoms with Crippen LogP contribution in [0.2, 0.25) is 0 Å². The topological polar surface area (TPSA) is 46.5 Å². The molecule has 0 atom stereocenters. The normalized spacial score (nSPS) is 30.2. The van der Waals surface area contributed by atoms with Gasteiger partial charge in [0.2, 0.25) is 0 Å². The van der Waals surface area contributed by atoms with Gasteiger partial charge >= 0.3 is 0 Å². The van der Waals surface area contributed by atoms with Crippen LogP contribution in [0.4, 0.5) is 0 Å². The lowest BCUT2D eigenvalue weighted by atomic mass is 9.71. The van der Waals surface area contributed by atoms with Crippen molar-refractivity contribution < 1.29 is 5.11 Å². The number of hydroxylamine groups is 2. The van der Waals surface area contributed by atoms with Gasteiger partial charge in [0, 0.05) is 11.1 Å². The molecule has 0 unspecified atom stereocenters. The number of hydrogen-bond donors (Lipinski definition) is 1. The average Bonchev–Trinajstić information content (AvgIpc) is 1.99. The summed E-state index contributed by atoms with van der Waals surface area (Å²) in [6, 6.07) is 0. The molecule has 3 heteroatoms. The minimum Gasteiger partial charge on any atom is -0.784 e. The van der Waals surface area contributed by atoms with E-state index in [9.17, 15) is 10.3 Å². The summed E-state index contributed by atoms with van der Waals surface area (Å²) in [6.07, 6.45) is 1.83. The average molecular weight is 200 g/mol. The van der Waals surface area contributed by atoms with Crippen molar-refractivity contribution in [3.8, 4) is 0 Å². The molecule has 0 aromatic rings. The van der Waals surface area contributed by atoms with Crippen LogP contribution >= 0.6 is 0 Å². The molecule has 1 fully saturated rings. The van der Waals surface area contributed by atoms with E-state index in [1.54, 1.807) is 0 Å². The van der Waals surface area contributed by atoms with Crippen molar-refractivity contribution in [1.82, 2.24) is 5.06 Å². The van der Waals surface area contributed by atoms with Crippen molar-refractivity contribution in [3.63, 3.8) is 0 Å². The Morgan fingerprint density at radius 3 is 1.79 bits per heavy atom. The van der Waals surface area contributed by atoms with Crippen LogP contribution in [0.25, 0.3) is 0 Å². The predicted molar refractivity (Wildman–Crippen MR) is 57.8 cm³/mol. The molecule has 1 aliphatic rings. The van der Waals surface area contributed by atoms with Crippen LogP contribution in [0.15, 0.2) is 0 Å². The second kappa shape index (κ2) is 3.19. The van der Waals surface area contributed by atoms with Crippen LogP contribution in [0.5, 0.6) is 0 Å². The minimum atomic E-state index is -0.673. The monoisotopic (exact) mass is 200 g/mol. The standard InChI is InChI=1S/C11H22NO2/c1-6-11(13)7-9(2,3)12(14)10(4,5)8-11/h13H,6-8H2,1-5H3/q-1. The van der Waals surface area contributed by atoms with Gasteiger partial charge in [0.05, 0.1) is 5.60 Å². The van der Waals surface area contributed by atoms with Crippen LogP contribution in [0, 0.1) is 5.21 Å². The maximum Gasteiger partial charge on any atom is 0.0679 e. The van der Waals surface area contributed by atoms with E-state index in [2.05, 4.69) is 0 Å². The first-order chi connectivity index (χ1) is 6.13. The highest BCUT2D eigenvalue weighted by molar-refractivity contribution is 5.06. The molecule has 1 rings (SSSR count). The molecule has 0 saturated carbocycles. The summed E-state index contributed by atoms with van der Waals surface area (Å²) >= 11 is 0. The van der Waals surface area contributed by atoms with Crippen molar-refractivity contribution >= 4 is 0 Å². The van der Waals surface area contributed by atoms with Crippen LogP contribution in [0.3, 0.4) is 0 Å². The molecule has 0 amide bonds. The van der Waals surface area contributed by atoms with E-state index in [0.717, 1.165) is 5.06 Å². The first-order valence-corrected chi connectivity index (χ1v) is 5.33. The van der Waals surface area contributed by atoms with E-state index in [0.29, 0.717) is 19.3 Å². The van der Waals surface area contributed by atoms with Crippen molar-refractivity contribution in [1.29, 1.82) is 0 Å². The highest BCUT2D eigenvalue weighted by Crippen LogP contribution is 2.43. The fraction of sp³-hybridized carbons (Fsp3) is 1.00. The smallest absolute Gasteiger partial charge is 0.0679 e. The van der Waals surface area contributed by atoms with E-state index in [-0.39, 0.29) is 0 Å². The van der Waals surface area contributed by atoms with Gasteiger partial charge in [-0.1, -0.05) is 6.92 Å². The third kappa shape index (κ3) is 1.95. The fourth-order valence-corrected chi connectivity index (χ4v) is 2.89. The number of rotatable bonds is 1. The maximum atomic E-state index is 12.0. The highest BCUT2D eigenvalue weighted by atomic mass is 16.5. The summed E-state index contributed by atoms with van der Waals surface area (Å²) in [6.45, 7) is 9.60. The van der Waals surface area contributed by atoms with E-state index in [1.807, 2.05) is 34.6 Å². The molecule has 84 valence electrons.